The molecule has 0 aromatic carbocycles. The first kappa shape index (κ1) is 9.09. The van der Waals surface area contributed by atoms with Crippen molar-refractivity contribution in [1.29, 1.82) is 0 Å². The normalized spacial score (nSPS) is 13.3. The third kappa shape index (κ3) is 3.18. The van der Waals surface area contributed by atoms with Crippen LogP contribution in [0.15, 0.2) is 5.10 Å². The van der Waals surface area contributed by atoms with Crippen LogP contribution in [0.3, 0.4) is 0 Å². The molecule has 1 atom stereocenters. The van der Waals surface area contributed by atoms with E-state index < -0.39 is 12.0 Å². The number of nitrogens with zero attached hydrogens (tertiary/aromatic N) is 1. The molecule has 0 amide bonds. The zero-order chi connectivity index (χ0) is 7.98. The summed E-state index contributed by atoms with van der Waals surface area (Å²) in [6.07, 6.45) is 1.12. The minimum atomic E-state index is -0.977. The summed E-state index contributed by atoms with van der Waals surface area (Å²) in [4.78, 5) is 10.2. The summed E-state index contributed by atoms with van der Waals surface area (Å²) < 4.78 is 0. The van der Waals surface area contributed by atoms with Crippen LogP contribution >= 0.6 is 12.6 Å². The molecule has 0 heterocycles. The van der Waals surface area contributed by atoms with Crippen LogP contribution in [-0.4, -0.2) is 29.2 Å². The number of hydrazone groups is 1. The first-order valence-corrected chi connectivity index (χ1v) is 3.17. The molecule has 58 valence electrons. The molecule has 0 aromatic heterocycles. The number of hydrogen-bond acceptors (Lipinski definition) is 4. The van der Waals surface area contributed by atoms with Gasteiger partial charge in [0.1, 0.15) is 12.4 Å². The number of nitrogens with one attached hydrogen (secondary N) is 1. The van der Waals surface area contributed by atoms with Crippen LogP contribution in [0, 0.1) is 0 Å². The Labute approximate surface area is 63.7 Å². The summed E-state index contributed by atoms with van der Waals surface area (Å²) in [6, 6.07) is -0.726. The highest BCUT2D eigenvalue weighted by Crippen LogP contribution is 1.85. The van der Waals surface area contributed by atoms with Gasteiger partial charge in [-0.1, -0.05) is 0 Å². The first-order chi connectivity index (χ1) is 4.72. The SMILES string of the molecule is NN=CN[C@@H](CS)C(=O)O. The van der Waals surface area contributed by atoms with Gasteiger partial charge in [0.25, 0.3) is 0 Å². The van der Waals surface area contributed by atoms with Gasteiger partial charge in [-0.25, -0.2) is 4.79 Å². The lowest BCUT2D eigenvalue weighted by molar-refractivity contribution is -0.138. The van der Waals surface area contributed by atoms with Gasteiger partial charge < -0.3 is 16.3 Å². The fourth-order valence-electron chi connectivity index (χ4n) is 0.335. The zero-order valence-corrected chi connectivity index (χ0v) is 6.08. The molecule has 5 nitrogen and oxygen atoms in total. The molecule has 0 rings (SSSR count). The maximum atomic E-state index is 10.2. The van der Waals surface area contributed by atoms with Gasteiger partial charge in [0.2, 0.25) is 0 Å². The molecular formula is C4H9N3O2S. The molecule has 0 spiro atoms. The van der Waals surface area contributed by atoms with Crippen molar-refractivity contribution in [3.05, 3.63) is 0 Å². The third-order valence-electron chi connectivity index (χ3n) is 0.831. The fourth-order valence-corrected chi connectivity index (χ4v) is 0.597. The highest BCUT2D eigenvalue weighted by Gasteiger charge is 2.11. The van der Waals surface area contributed by atoms with Crippen LogP contribution < -0.4 is 11.2 Å². The van der Waals surface area contributed by atoms with E-state index in [9.17, 15) is 4.79 Å². The molecular weight excluding hydrogens is 154 g/mol. The Morgan fingerprint density at radius 1 is 2.00 bits per heavy atom. The van der Waals surface area contributed by atoms with Crippen LogP contribution in [0.4, 0.5) is 0 Å². The molecule has 0 bridgehead atoms. The number of nitrogens with two attached hydrogens (primary N) is 1. The van der Waals surface area contributed by atoms with E-state index in [1.165, 1.54) is 0 Å². The third-order valence-corrected chi connectivity index (χ3v) is 1.20. The van der Waals surface area contributed by atoms with Crippen molar-refractivity contribution in [2.45, 2.75) is 6.04 Å². The predicted octanol–water partition coefficient (Wildman–Crippen LogP) is -1.14. The highest BCUT2D eigenvalue weighted by atomic mass is 32.1. The van der Waals surface area contributed by atoms with Gasteiger partial charge in [0.05, 0.1) is 0 Å². The van der Waals surface area contributed by atoms with Crippen LogP contribution in [0.1, 0.15) is 0 Å². The van der Waals surface area contributed by atoms with Gasteiger partial charge in [-0.05, 0) is 0 Å². The molecule has 0 saturated carbocycles. The maximum Gasteiger partial charge on any atom is 0.327 e. The Hall–Kier alpha value is -0.910. The molecule has 0 unspecified atom stereocenters. The van der Waals surface area contributed by atoms with E-state index in [2.05, 4.69) is 23.0 Å². The topological polar surface area (TPSA) is 87.7 Å². The van der Waals surface area contributed by atoms with Crippen LogP contribution in [0.5, 0.6) is 0 Å². The summed E-state index contributed by atoms with van der Waals surface area (Å²) >= 11 is 3.78. The summed E-state index contributed by atoms with van der Waals surface area (Å²) in [5, 5.41) is 13.9. The number of hydrogen-bond donors (Lipinski definition) is 4. The highest BCUT2D eigenvalue weighted by molar-refractivity contribution is 7.80. The van der Waals surface area contributed by atoms with Crippen molar-refractivity contribution in [1.82, 2.24) is 5.32 Å². The molecule has 0 aliphatic carbocycles. The molecule has 0 aliphatic rings. The van der Waals surface area contributed by atoms with Crippen molar-refractivity contribution >= 4 is 24.9 Å². The average Bonchev–Trinajstić information content (AvgIpc) is 1.89. The number of aliphatic carboxylic acids is 1. The molecule has 10 heavy (non-hydrogen) atoms. The summed E-state index contributed by atoms with van der Waals surface area (Å²) in [7, 11) is 0. The molecule has 4 N–H and O–H groups in total. The predicted molar refractivity (Wildman–Crippen MR) is 41.1 cm³/mol. The number of carbonyl (C=O) groups is 1. The number of thiol groups is 1. The lowest BCUT2D eigenvalue weighted by Crippen LogP contribution is -2.37. The molecule has 0 saturated heterocycles. The Bertz CT molecular complexity index is 138. The van der Waals surface area contributed by atoms with Crippen molar-refractivity contribution in [2.24, 2.45) is 10.9 Å². The van der Waals surface area contributed by atoms with E-state index in [4.69, 9.17) is 10.9 Å². The fraction of sp³-hybridized carbons (Fsp3) is 0.500. The summed E-state index contributed by atoms with van der Waals surface area (Å²) in [6.45, 7) is 0. The molecule has 0 fully saturated rings. The van der Waals surface area contributed by atoms with Crippen LogP contribution in [-0.2, 0) is 4.79 Å². The van der Waals surface area contributed by atoms with Crippen molar-refractivity contribution < 1.29 is 9.90 Å². The van der Waals surface area contributed by atoms with Gasteiger partial charge >= 0.3 is 5.97 Å². The lowest BCUT2D eigenvalue weighted by atomic mass is 10.3. The quantitative estimate of drug-likeness (QED) is 0.139. The van der Waals surface area contributed by atoms with Gasteiger partial charge in [0, 0.05) is 5.75 Å². The van der Waals surface area contributed by atoms with Crippen molar-refractivity contribution in [2.75, 3.05) is 5.75 Å². The van der Waals surface area contributed by atoms with E-state index >= 15 is 0 Å². The number of carboxylic acids is 1. The van der Waals surface area contributed by atoms with Gasteiger partial charge in [0.15, 0.2) is 0 Å². The second-order valence-corrected chi connectivity index (χ2v) is 1.88. The summed E-state index contributed by atoms with van der Waals surface area (Å²) in [5.41, 5.74) is 0. The Morgan fingerprint density at radius 3 is 2.90 bits per heavy atom. The molecule has 6 heteroatoms. The van der Waals surface area contributed by atoms with Crippen molar-refractivity contribution in [3.63, 3.8) is 0 Å². The lowest BCUT2D eigenvalue weighted by Gasteiger charge is -2.06. The maximum absolute atomic E-state index is 10.2. The van der Waals surface area contributed by atoms with Gasteiger partial charge in [-0.15, -0.1) is 0 Å². The molecule has 0 aliphatic heterocycles. The van der Waals surface area contributed by atoms with Crippen LogP contribution in [0.25, 0.3) is 0 Å². The smallest absolute Gasteiger partial charge is 0.327 e. The summed E-state index contributed by atoms with van der Waals surface area (Å²) in [5.74, 6) is 3.94. The second-order valence-electron chi connectivity index (χ2n) is 1.52. The van der Waals surface area contributed by atoms with Gasteiger partial charge in [-0.3, -0.25) is 0 Å². The van der Waals surface area contributed by atoms with Crippen LogP contribution in [0.2, 0.25) is 0 Å². The van der Waals surface area contributed by atoms with Crippen molar-refractivity contribution in [3.8, 4) is 0 Å². The Balaban J connectivity index is 3.71. The number of rotatable bonds is 4. The Kier molecular flexibility index (Phi) is 4.47. The molecule has 0 aromatic rings. The zero-order valence-electron chi connectivity index (χ0n) is 5.19. The number of carboxylic acid groups (broad SMARTS) is 1. The largest absolute Gasteiger partial charge is 0.480 e. The van der Waals surface area contributed by atoms with E-state index in [0.717, 1.165) is 6.34 Å². The second kappa shape index (κ2) is 4.92. The standard InChI is InChI=1S/C4H9N3O2S/c5-7-2-6-3(1-10)4(8)9/h2-3,10H,1,5H2,(H,6,7)(H,8,9)/t3-/m0/s1. The van der Waals surface area contributed by atoms with E-state index in [1.54, 1.807) is 0 Å². The van der Waals surface area contributed by atoms with E-state index in [-0.39, 0.29) is 5.75 Å². The van der Waals surface area contributed by atoms with Gasteiger partial charge in [-0.2, -0.15) is 17.7 Å². The minimum Gasteiger partial charge on any atom is -0.480 e. The molecule has 0 radical (unpaired) electrons. The Morgan fingerprint density at radius 2 is 2.60 bits per heavy atom. The average molecular weight is 163 g/mol. The first-order valence-electron chi connectivity index (χ1n) is 2.53. The monoisotopic (exact) mass is 163 g/mol. The van der Waals surface area contributed by atoms with E-state index in [0.29, 0.717) is 0 Å². The van der Waals surface area contributed by atoms with E-state index in [1.807, 2.05) is 0 Å². The minimum absolute atomic E-state index is 0.196.